The topological polar surface area (TPSA) is 94.9 Å². The van der Waals surface area contributed by atoms with Gasteiger partial charge >= 0.3 is 11.9 Å². The van der Waals surface area contributed by atoms with Crippen LogP contribution in [0.2, 0.25) is 0 Å². The van der Waals surface area contributed by atoms with Crippen LogP contribution >= 0.6 is 0 Å². The van der Waals surface area contributed by atoms with Gasteiger partial charge in [-0.1, -0.05) is 25.1 Å². The fourth-order valence-corrected chi connectivity index (χ4v) is 2.57. The SMILES string of the molecule is CCCOc1ccc(/C=C/C(=O)Oc2ccc(/C=C(\C#N)C(=O)OCC)cc2OC)cc1. The van der Waals surface area contributed by atoms with Crippen molar-refractivity contribution in [3.05, 3.63) is 65.2 Å². The summed E-state index contributed by atoms with van der Waals surface area (Å²) in [6, 6.07) is 13.8. The smallest absolute Gasteiger partial charge is 0.348 e. The van der Waals surface area contributed by atoms with Gasteiger partial charge in [0, 0.05) is 6.08 Å². The Bertz CT molecular complexity index is 1030. The van der Waals surface area contributed by atoms with Gasteiger partial charge in [-0.05, 0) is 60.9 Å². The van der Waals surface area contributed by atoms with E-state index >= 15 is 0 Å². The number of esters is 2. The lowest BCUT2D eigenvalue weighted by molar-refractivity contribution is -0.138. The molecule has 2 aromatic carbocycles. The highest BCUT2D eigenvalue weighted by Crippen LogP contribution is 2.29. The number of benzene rings is 2. The van der Waals surface area contributed by atoms with Gasteiger partial charge in [0.15, 0.2) is 11.5 Å². The second-order valence-electron chi connectivity index (χ2n) is 6.47. The molecule has 0 saturated carbocycles. The van der Waals surface area contributed by atoms with Crippen LogP contribution in [0.25, 0.3) is 12.2 Å². The zero-order chi connectivity index (χ0) is 23.3. The Morgan fingerprint density at radius 3 is 2.38 bits per heavy atom. The molecule has 0 bridgehead atoms. The van der Waals surface area contributed by atoms with Crippen molar-refractivity contribution in [2.45, 2.75) is 20.3 Å². The Kier molecular flexibility index (Phi) is 9.54. The molecule has 0 aliphatic carbocycles. The lowest BCUT2D eigenvalue weighted by atomic mass is 10.1. The number of nitrogens with zero attached hydrogens (tertiary/aromatic N) is 1. The summed E-state index contributed by atoms with van der Waals surface area (Å²) in [4.78, 5) is 24.0. The summed E-state index contributed by atoms with van der Waals surface area (Å²) >= 11 is 0. The minimum Gasteiger partial charge on any atom is -0.494 e. The lowest BCUT2D eigenvalue weighted by Gasteiger charge is -2.09. The molecule has 0 heterocycles. The van der Waals surface area contributed by atoms with E-state index in [4.69, 9.17) is 24.2 Å². The molecule has 2 aromatic rings. The highest BCUT2D eigenvalue weighted by atomic mass is 16.6. The second-order valence-corrected chi connectivity index (χ2v) is 6.47. The molecule has 0 radical (unpaired) electrons. The quantitative estimate of drug-likeness (QED) is 0.233. The van der Waals surface area contributed by atoms with Crippen LogP contribution in [0.5, 0.6) is 17.2 Å². The number of ether oxygens (including phenoxy) is 4. The van der Waals surface area contributed by atoms with Crippen molar-refractivity contribution in [1.29, 1.82) is 5.26 Å². The van der Waals surface area contributed by atoms with Crippen molar-refractivity contribution in [1.82, 2.24) is 0 Å². The van der Waals surface area contributed by atoms with Crippen molar-refractivity contribution in [2.75, 3.05) is 20.3 Å². The first-order chi connectivity index (χ1) is 15.5. The van der Waals surface area contributed by atoms with E-state index in [1.807, 2.05) is 37.3 Å². The Morgan fingerprint density at radius 2 is 1.75 bits per heavy atom. The monoisotopic (exact) mass is 435 g/mol. The molecule has 0 aliphatic rings. The first-order valence-corrected chi connectivity index (χ1v) is 10.1. The number of carbonyl (C=O) groups excluding carboxylic acids is 2. The number of rotatable bonds is 10. The normalized spacial score (nSPS) is 11.0. The van der Waals surface area contributed by atoms with Gasteiger partial charge < -0.3 is 18.9 Å². The van der Waals surface area contributed by atoms with Gasteiger partial charge in [0.2, 0.25) is 0 Å². The Labute approximate surface area is 187 Å². The molecule has 0 fully saturated rings. The van der Waals surface area contributed by atoms with Crippen molar-refractivity contribution in [3.8, 4) is 23.3 Å². The zero-order valence-electron chi connectivity index (χ0n) is 18.3. The third-order valence-electron chi connectivity index (χ3n) is 4.09. The first kappa shape index (κ1) is 24.2. The largest absolute Gasteiger partial charge is 0.494 e. The lowest BCUT2D eigenvalue weighted by Crippen LogP contribution is -2.06. The van der Waals surface area contributed by atoms with E-state index in [0.717, 1.165) is 17.7 Å². The number of hydrogen-bond donors (Lipinski definition) is 0. The Hall–Kier alpha value is -4.05. The maximum absolute atomic E-state index is 12.2. The van der Waals surface area contributed by atoms with E-state index in [9.17, 15) is 9.59 Å². The third-order valence-corrected chi connectivity index (χ3v) is 4.09. The highest BCUT2D eigenvalue weighted by Gasteiger charge is 2.12. The zero-order valence-corrected chi connectivity index (χ0v) is 18.3. The molecule has 0 amide bonds. The number of nitriles is 1. The predicted molar refractivity (Wildman–Crippen MR) is 120 cm³/mol. The second kappa shape index (κ2) is 12.6. The van der Waals surface area contributed by atoms with Crippen molar-refractivity contribution in [3.63, 3.8) is 0 Å². The van der Waals surface area contributed by atoms with E-state index in [0.29, 0.717) is 12.2 Å². The first-order valence-electron chi connectivity index (χ1n) is 10.1. The Morgan fingerprint density at radius 1 is 1.03 bits per heavy atom. The van der Waals surface area contributed by atoms with E-state index in [1.54, 1.807) is 25.1 Å². The van der Waals surface area contributed by atoms with Crippen LogP contribution in [-0.4, -0.2) is 32.3 Å². The molecule has 0 atom stereocenters. The van der Waals surface area contributed by atoms with E-state index in [1.165, 1.54) is 25.3 Å². The standard InChI is InChI=1S/C25H25NO6/c1-4-14-31-21-10-6-18(7-11-21)9-13-24(27)32-22-12-8-19(16-23(22)29-3)15-20(17-26)25(28)30-5-2/h6-13,15-16H,4-5,14H2,1-3H3/b13-9+,20-15+. The number of methoxy groups -OCH3 is 1. The molecule has 0 unspecified atom stereocenters. The molecular formula is C25H25NO6. The fraction of sp³-hybridized carbons (Fsp3) is 0.240. The number of hydrogen-bond acceptors (Lipinski definition) is 7. The molecule has 0 N–H and O–H groups in total. The third kappa shape index (κ3) is 7.33. The maximum atomic E-state index is 12.2. The van der Waals surface area contributed by atoms with Gasteiger partial charge in [-0.2, -0.15) is 5.26 Å². The molecule has 32 heavy (non-hydrogen) atoms. The molecule has 0 aliphatic heterocycles. The van der Waals surface area contributed by atoms with Crippen molar-refractivity contribution in [2.24, 2.45) is 0 Å². The summed E-state index contributed by atoms with van der Waals surface area (Å²) in [5.41, 5.74) is 1.20. The minimum absolute atomic E-state index is 0.146. The highest BCUT2D eigenvalue weighted by molar-refractivity contribution is 5.98. The van der Waals surface area contributed by atoms with Crippen molar-refractivity contribution < 1.29 is 28.5 Å². The van der Waals surface area contributed by atoms with Crippen LogP contribution in [0.3, 0.4) is 0 Å². The summed E-state index contributed by atoms with van der Waals surface area (Å²) in [7, 11) is 1.43. The molecule has 0 spiro atoms. The minimum atomic E-state index is -0.709. The number of carbonyl (C=O) groups is 2. The van der Waals surface area contributed by atoms with Crippen LogP contribution in [-0.2, 0) is 14.3 Å². The fourth-order valence-electron chi connectivity index (χ4n) is 2.57. The van der Waals surface area contributed by atoms with Gasteiger partial charge in [0.25, 0.3) is 0 Å². The van der Waals surface area contributed by atoms with Gasteiger partial charge in [0.1, 0.15) is 17.4 Å². The van der Waals surface area contributed by atoms with E-state index in [-0.39, 0.29) is 23.7 Å². The van der Waals surface area contributed by atoms with Gasteiger partial charge in [0.05, 0.1) is 20.3 Å². The molecule has 7 nitrogen and oxygen atoms in total. The van der Waals surface area contributed by atoms with Crippen LogP contribution in [0.15, 0.2) is 54.1 Å². The van der Waals surface area contributed by atoms with Gasteiger partial charge in [-0.15, -0.1) is 0 Å². The summed E-state index contributed by atoms with van der Waals surface area (Å²) in [5, 5.41) is 9.16. The summed E-state index contributed by atoms with van der Waals surface area (Å²) in [6.07, 6.45) is 5.25. The summed E-state index contributed by atoms with van der Waals surface area (Å²) in [6.45, 7) is 4.51. The summed E-state index contributed by atoms with van der Waals surface area (Å²) in [5.74, 6) is -0.0361. The van der Waals surface area contributed by atoms with E-state index in [2.05, 4.69) is 0 Å². The maximum Gasteiger partial charge on any atom is 0.348 e. The van der Waals surface area contributed by atoms with Crippen molar-refractivity contribution >= 4 is 24.1 Å². The molecule has 166 valence electrons. The average molecular weight is 435 g/mol. The molecule has 0 aromatic heterocycles. The summed E-state index contributed by atoms with van der Waals surface area (Å²) < 4.78 is 21.0. The van der Waals surface area contributed by atoms with Crippen LogP contribution in [0.1, 0.15) is 31.4 Å². The average Bonchev–Trinajstić information content (AvgIpc) is 2.81. The predicted octanol–water partition coefficient (Wildman–Crippen LogP) is 4.57. The van der Waals surface area contributed by atoms with Gasteiger partial charge in [-0.3, -0.25) is 0 Å². The Balaban J connectivity index is 2.08. The van der Waals surface area contributed by atoms with Crippen LogP contribution in [0.4, 0.5) is 0 Å². The van der Waals surface area contributed by atoms with Gasteiger partial charge in [-0.25, -0.2) is 9.59 Å². The molecule has 0 saturated heterocycles. The molecule has 7 heteroatoms. The molecular weight excluding hydrogens is 410 g/mol. The van der Waals surface area contributed by atoms with E-state index < -0.39 is 11.9 Å². The molecule has 2 rings (SSSR count). The van der Waals surface area contributed by atoms with Crippen LogP contribution < -0.4 is 14.2 Å². The van der Waals surface area contributed by atoms with Crippen LogP contribution in [0, 0.1) is 11.3 Å².